The monoisotopic (exact) mass is 462 g/mol. The van der Waals surface area contributed by atoms with Crippen LogP contribution < -0.4 is 4.74 Å². The van der Waals surface area contributed by atoms with E-state index in [0.717, 1.165) is 29.7 Å². The third kappa shape index (κ3) is 9.39. The van der Waals surface area contributed by atoms with Crippen molar-refractivity contribution < 1.29 is 14.6 Å². The topological polar surface area (TPSA) is 72.3 Å². The minimum Gasteiger partial charge on any atom is -0.494 e. The molecule has 2 aromatic rings. The van der Waals surface area contributed by atoms with Gasteiger partial charge in [-0.2, -0.15) is 0 Å². The number of aromatic carboxylic acids is 1. The second-order valence-corrected chi connectivity index (χ2v) is 7.98. The molecule has 158 valence electrons. The van der Waals surface area contributed by atoms with Crippen LogP contribution in [0.1, 0.15) is 74.7 Å². The van der Waals surface area contributed by atoms with E-state index in [-0.39, 0.29) is 5.69 Å². The lowest BCUT2D eigenvalue weighted by molar-refractivity contribution is 0.0690. The SMILES string of the molecule is O=C(O)c1cnc(-c2ccc(OCCCCCCCCCCCCBr)cc2)cn1. The Kier molecular flexibility index (Phi) is 11.3. The van der Waals surface area contributed by atoms with Gasteiger partial charge in [-0.15, -0.1) is 0 Å². The Balaban J connectivity index is 1.55. The molecule has 0 unspecified atom stereocenters. The smallest absolute Gasteiger partial charge is 0.356 e. The molecule has 0 aliphatic carbocycles. The van der Waals surface area contributed by atoms with Gasteiger partial charge in [0.05, 0.1) is 24.7 Å². The highest BCUT2D eigenvalue weighted by Crippen LogP contribution is 2.20. The third-order valence-corrected chi connectivity index (χ3v) is 5.38. The first kappa shape index (κ1) is 23.3. The Labute approximate surface area is 182 Å². The fourth-order valence-electron chi connectivity index (χ4n) is 3.11. The number of ether oxygens (including phenoxy) is 1. The summed E-state index contributed by atoms with van der Waals surface area (Å²) in [5.41, 5.74) is 1.47. The van der Waals surface area contributed by atoms with Gasteiger partial charge in [-0.3, -0.25) is 4.98 Å². The van der Waals surface area contributed by atoms with Gasteiger partial charge in [0.1, 0.15) is 5.75 Å². The van der Waals surface area contributed by atoms with Gasteiger partial charge in [-0.25, -0.2) is 9.78 Å². The summed E-state index contributed by atoms with van der Waals surface area (Å²) < 4.78 is 5.81. The van der Waals surface area contributed by atoms with Crippen LogP contribution in [0.5, 0.6) is 5.75 Å². The van der Waals surface area contributed by atoms with Crippen LogP contribution in [-0.2, 0) is 0 Å². The van der Waals surface area contributed by atoms with Crippen molar-refractivity contribution >= 4 is 21.9 Å². The van der Waals surface area contributed by atoms with Crippen molar-refractivity contribution in [3.05, 3.63) is 42.4 Å². The van der Waals surface area contributed by atoms with Gasteiger partial charge < -0.3 is 9.84 Å². The summed E-state index contributed by atoms with van der Waals surface area (Å²) in [4.78, 5) is 18.9. The van der Waals surface area contributed by atoms with Crippen LogP contribution in [0.15, 0.2) is 36.7 Å². The van der Waals surface area contributed by atoms with Crippen molar-refractivity contribution in [1.82, 2.24) is 9.97 Å². The molecule has 0 aliphatic heterocycles. The number of carboxylic acid groups (broad SMARTS) is 1. The minimum atomic E-state index is -1.08. The lowest BCUT2D eigenvalue weighted by Crippen LogP contribution is -2.01. The Hall–Kier alpha value is -1.95. The minimum absolute atomic E-state index is 0.0565. The van der Waals surface area contributed by atoms with E-state index >= 15 is 0 Å². The molecule has 29 heavy (non-hydrogen) atoms. The van der Waals surface area contributed by atoms with Gasteiger partial charge in [0.25, 0.3) is 0 Å². The van der Waals surface area contributed by atoms with E-state index in [1.807, 2.05) is 24.3 Å². The predicted molar refractivity (Wildman–Crippen MR) is 120 cm³/mol. The van der Waals surface area contributed by atoms with E-state index in [9.17, 15) is 4.79 Å². The van der Waals surface area contributed by atoms with Crippen molar-refractivity contribution in [3.63, 3.8) is 0 Å². The Morgan fingerprint density at radius 2 is 1.41 bits per heavy atom. The molecule has 0 radical (unpaired) electrons. The van der Waals surface area contributed by atoms with E-state index in [1.54, 1.807) is 0 Å². The van der Waals surface area contributed by atoms with Crippen molar-refractivity contribution in [3.8, 4) is 17.0 Å². The van der Waals surface area contributed by atoms with Crippen LogP contribution in [0.25, 0.3) is 11.3 Å². The Bertz CT molecular complexity index is 705. The number of alkyl halides is 1. The van der Waals surface area contributed by atoms with Crippen LogP contribution in [0.3, 0.4) is 0 Å². The average molecular weight is 463 g/mol. The number of carboxylic acids is 1. The number of benzene rings is 1. The molecule has 0 saturated heterocycles. The molecule has 5 nitrogen and oxygen atoms in total. The van der Waals surface area contributed by atoms with E-state index in [0.29, 0.717) is 5.69 Å². The molecular weight excluding hydrogens is 432 g/mol. The van der Waals surface area contributed by atoms with E-state index < -0.39 is 5.97 Å². The number of halogens is 1. The molecule has 0 saturated carbocycles. The predicted octanol–water partition coefficient (Wildman–Crippen LogP) is 6.52. The van der Waals surface area contributed by atoms with Crippen LogP contribution in [0, 0.1) is 0 Å². The van der Waals surface area contributed by atoms with E-state index in [2.05, 4.69) is 25.9 Å². The zero-order chi connectivity index (χ0) is 20.7. The van der Waals surface area contributed by atoms with Crippen molar-refractivity contribution in [2.75, 3.05) is 11.9 Å². The summed E-state index contributed by atoms with van der Waals surface area (Å²) in [5, 5.41) is 10.0. The maximum absolute atomic E-state index is 10.8. The highest BCUT2D eigenvalue weighted by Gasteiger charge is 2.06. The highest BCUT2D eigenvalue weighted by atomic mass is 79.9. The number of rotatable bonds is 15. The summed E-state index contributed by atoms with van der Waals surface area (Å²) in [6, 6.07) is 7.66. The quantitative estimate of drug-likeness (QED) is 0.241. The molecule has 0 atom stereocenters. The number of hydrogen-bond acceptors (Lipinski definition) is 4. The molecule has 2 rings (SSSR count). The Morgan fingerprint density at radius 3 is 1.93 bits per heavy atom. The molecule has 1 aromatic heterocycles. The Morgan fingerprint density at radius 1 is 0.828 bits per heavy atom. The molecule has 1 N–H and O–H groups in total. The molecule has 1 aromatic carbocycles. The van der Waals surface area contributed by atoms with Crippen molar-refractivity contribution in [2.45, 2.75) is 64.2 Å². The molecular formula is C23H31BrN2O3. The molecule has 0 aliphatic rings. The first-order valence-corrected chi connectivity index (χ1v) is 11.7. The zero-order valence-corrected chi connectivity index (χ0v) is 18.6. The third-order valence-electron chi connectivity index (χ3n) is 4.82. The second-order valence-electron chi connectivity index (χ2n) is 7.19. The normalized spacial score (nSPS) is 10.8. The second kappa shape index (κ2) is 14.1. The standard InChI is InChI=1S/C23H31BrN2O3/c24-15-9-7-5-3-1-2-4-6-8-10-16-29-20-13-11-19(12-14-20)21-17-26-22(18-25-21)23(27)28/h11-14,17-18H,1-10,15-16H2,(H,27,28). The highest BCUT2D eigenvalue weighted by molar-refractivity contribution is 9.09. The van der Waals surface area contributed by atoms with E-state index in [4.69, 9.17) is 9.84 Å². The summed E-state index contributed by atoms with van der Waals surface area (Å²) >= 11 is 3.48. The number of unbranched alkanes of at least 4 members (excludes halogenated alkanes) is 9. The van der Waals surface area contributed by atoms with Gasteiger partial charge in [0, 0.05) is 10.9 Å². The fourth-order valence-corrected chi connectivity index (χ4v) is 3.51. The van der Waals surface area contributed by atoms with Gasteiger partial charge in [-0.05, 0) is 37.1 Å². The lowest BCUT2D eigenvalue weighted by atomic mass is 10.1. The fraction of sp³-hybridized carbons (Fsp3) is 0.522. The van der Waals surface area contributed by atoms with Crippen molar-refractivity contribution in [1.29, 1.82) is 0 Å². The number of carbonyl (C=O) groups is 1. The lowest BCUT2D eigenvalue weighted by Gasteiger charge is -2.07. The van der Waals surface area contributed by atoms with Crippen LogP contribution in [0.2, 0.25) is 0 Å². The molecule has 0 amide bonds. The van der Waals surface area contributed by atoms with Gasteiger partial charge >= 0.3 is 5.97 Å². The zero-order valence-electron chi connectivity index (χ0n) is 17.0. The maximum Gasteiger partial charge on any atom is 0.356 e. The molecule has 1 heterocycles. The van der Waals surface area contributed by atoms with Gasteiger partial charge in [0.15, 0.2) is 5.69 Å². The number of hydrogen-bond donors (Lipinski definition) is 1. The molecule has 0 fully saturated rings. The molecule has 0 spiro atoms. The molecule has 0 bridgehead atoms. The summed E-state index contributed by atoms with van der Waals surface area (Å²) in [5.74, 6) is -0.235. The largest absolute Gasteiger partial charge is 0.494 e. The first-order chi connectivity index (χ1) is 14.2. The number of nitrogens with zero attached hydrogens (tertiary/aromatic N) is 2. The molecule has 6 heteroatoms. The van der Waals surface area contributed by atoms with E-state index in [1.165, 1.54) is 70.2 Å². The maximum atomic E-state index is 10.8. The summed E-state index contributed by atoms with van der Waals surface area (Å²) in [6.07, 6.45) is 15.8. The summed E-state index contributed by atoms with van der Waals surface area (Å²) in [6.45, 7) is 0.735. The van der Waals surface area contributed by atoms with Crippen LogP contribution in [-0.4, -0.2) is 33.0 Å². The number of aromatic nitrogens is 2. The van der Waals surface area contributed by atoms with Crippen LogP contribution >= 0.6 is 15.9 Å². The van der Waals surface area contributed by atoms with Gasteiger partial charge in [-0.1, -0.05) is 67.3 Å². The van der Waals surface area contributed by atoms with Crippen LogP contribution in [0.4, 0.5) is 0 Å². The van der Waals surface area contributed by atoms with Crippen molar-refractivity contribution in [2.24, 2.45) is 0 Å². The summed E-state index contributed by atoms with van der Waals surface area (Å²) in [7, 11) is 0. The van der Waals surface area contributed by atoms with Gasteiger partial charge in [0.2, 0.25) is 0 Å². The first-order valence-electron chi connectivity index (χ1n) is 10.6. The average Bonchev–Trinajstić information content (AvgIpc) is 2.75.